The average Bonchev–Trinajstić information content (AvgIpc) is 3.44. The summed E-state index contributed by atoms with van der Waals surface area (Å²) in [4.78, 5) is 36.7. The predicted octanol–water partition coefficient (Wildman–Crippen LogP) is 6.14. The van der Waals surface area contributed by atoms with Crippen LogP contribution in [0.1, 0.15) is 37.6 Å². The number of anilines is 1. The van der Waals surface area contributed by atoms with Crippen molar-refractivity contribution in [3.05, 3.63) is 89.9 Å². The molecule has 10 heteroatoms. The molecule has 1 aliphatic heterocycles. The monoisotopic (exact) mass is 605 g/mol. The second kappa shape index (κ2) is 12.2. The Kier molecular flexibility index (Phi) is 8.16. The summed E-state index contributed by atoms with van der Waals surface area (Å²) in [5.41, 5.74) is 7.46. The number of aromatic amines is 1. The maximum absolute atomic E-state index is 14.7. The van der Waals surface area contributed by atoms with Crippen LogP contribution in [0, 0.1) is 11.2 Å². The van der Waals surface area contributed by atoms with Crippen molar-refractivity contribution in [2.45, 2.75) is 27.2 Å². The van der Waals surface area contributed by atoms with Gasteiger partial charge in [0.2, 0.25) is 5.91 Å². The summed E-state index contributed by atoms with van der Waals surface area (Å²) in [6, 6.07) is 12.5. The molecule has 4 aromatic heterocycles. The molecular weight excluding hydrogens is 569 g/mol. The molecule has 9 nitrogen and oxygen atoms in total. The number of carbonyl (C=O) groups is 1. The summed E-state index contributed by atoms with van der Waals surface area (Å²) >= 11 is 0. The van der Waals surface area contributed by atoms with Gasteiger partial charge in [0.1, 0.15) is 18.2 Å². The minimum Gasteiger partial charge on any atom is -0.492 e. The third kappa shape index (κ3) is 6.61. The van der Waals surface area contributed by atoms with Gasteiger partial charge < -0.3 is 19.9 Å². The molecule has 0 atom stereocenters. The lowest BCUT2D eigenvalue weighted by molar-refractivity contribution is -0.123. The predicted molar refractivity (Wildman–Crippen MR) is 175 cm³/mol. The molecule has 0 saturated heterocycles. The van der Waals surface area contributed by atoms with Gasteiger partial charge in [-0.1, -0.05) is 20.8 Å². The summed E-state index contributed by atoms with van der Waals surface area (Å²) in [6.45, 7) is 7.41. The van der Waals surface area contributed by atoms with Crippen molar-refractivity contribution in [2.75, 3.05) is 39.1 Å². The van der Waals surface area contributed by atoms with Crippen LogP contribution in [0.4, 0.5) is 10.1 Å². The second-order valence-corrected chi connectivity index (χ2v) is 12.5. The minimum atomic E-state index is -0.531. The van der Waals surface area contributed by atoms with Crippen LogP contribution in [0.5, 0.6) is 5.75 Å². The Morgan fingerprint density at radius 1 is 1.04 bits per heavy atom. The van der Waals surface area contributed by atoms with Gasteiger partial charge in [0.25, 0.3) is 0 Å². The number of nitrogens with one attached hydrogen (secondary N) is 2. The van der Waals surface area contributed by atoms with Crippen LogP contribution in [-0.4, -0.2) is 70.2 Å². The highest BCUT2D eigenvalue weighted by Gasteiger charge is 2.23. The van der Waals surface area contributed by atoms with Crippen LogP contribution >= 0.6 is 0 Å². The number of halogens is 1. The van der Waals surface area contributed by atoms with E-state index in [1.54, 1.807) is 18.6 Å². The van der Waals surface area contributed by atoms with E-state index in [1.165, 1.54) is 12.1 Å². The number of nitrogens with zero attached hydrogens (tertiary/aromatic N) is 5. The third-order valence-electron chi connectivity index (χ3n) is 7.62. The zero-order valence-electron chi connectivity index (χ0n) is 26.1. The lowest BCUT2D eigenvalue weighted by atomic mass is 9.95. The molecule has 5 aromatic rings. The molecule has 0 spiro atoms. The molecule has 0 saturated carbocycles. The molecule has 5 heterocycles. The van der Waals surface area contributed by atoms with Crippen LogP contribution in [-0.2, 0) is 11.2 Å². The lowest BCUT2D eigenvalue weighted by Crippen LogP contribution is -2.27. The molecule has 230 valence electrons. The van der Waals surface area contributed by atoms with Gasteiger partial charge in [-0.05, 0) is 62.5 Å². The molecular formula is C35H36FN7O2. The number of aromatic nitrogens is 4. The van der Waals surface area contributed by atoms with Gasteiger partial charge in [-0.3, -0.25) is 24.7 Å². The summed E-state index contributed by atoms with van der Waals surface area (Å²) in [6.07, 6.45) is 7.75. The maximum Gasteiger partial charge on any atom is 0.229 e. The van der Waals surface area contributed by atoms with Crippen molar-refractivity contribution >= 4 is 28.2 Å². The number of amides is 1. The molecule has 45 heavy (non-hydrogen) atoms. The van der Waals surface area contributed by atoms with E-state index in [0.29, 0.717) is 35.8 Å². The summed E-state index contributed by atoms with van der Waals surface area (Å²) in [7, 11) is 3.93. The SMILES string of the molecule is CN(C)CCOc1cc(F)cc(-c2nccc3[nH]c(C4=NCCc5cnc(-c6cncc(NC(=O)C(C)(C)C)c6)cc54)cc23)c1. The molecule has 2 N–H and O–H groups in total. The molecule has 1 aromatic carbocycles. The number of carbonyl (C=O) groups excluding carboxylic acids is 1. The first kappa shape index (κ1) is 30.1. The normalized spacial score (nSPS) is 13.1. The number of pyridine rings is 3. The van der Waals surface area contributed by atoms with Crippen LogP contribution < -0.4 is 10.1 Å². The number of benzene rings is 1. The molecule has 1 aliphatic rings. The number of ether oxygens (including phenoxy) is 1. The number of fused-ring (bicyclic) bond motifs is 2. The Bertz CT molecular complexity index is 1920. The highest BCUT2D eigenvalue weighted by molar-refractivity contribution is 6.16. The number of likely N-dealkylation sites (N-methyl/N-ethyl adjacent to an activating group) is 1. The first-order valence-corrected chi connectivity index (χ1v) is 14.9. The highest BCUT2D eigenvalue weighted by atomic mass is 19.1. The largest absolute Gasteiger partial charge is 0.492 e. The molecule has 0 radical (unpaired) electrons. The number of rotatable bonds is 8. The fourth-order valence-electron chi connectivity index (χ4n) is 5.17. The molecule has 0 aliphatic carbocycles. The van der Waals surface area contributed by atoms with E-state index in [9.17, 15) is 9.18 Å². The Morgan fingerprint density at radius 2 is 1.89 bits per heavy atom. The first-order chi connectivity index (χ1) is 21.5. The second-order valence-electron chi connectivity index (χ2n) is 12.5. The van der Waals surface area contributed by atoms with Gasteiger partial charge in [0.05, 0.1) is 34.7 Å². The van der Waals surface area contributed by atoms with Crippen molar-refractivity contribution < 1.29 is 13.9 Å². The van der Waals surface area contributed by atoms with Crippen molar-refractivity contribution in [3.63, 3.8) is 0 Å². The standard InChI is InChI=1S/C35H36FN7O2/c1-35(2,3)34(44)41-25-13-23(18-37-20-25)30-16-27-21(19-40-30)6-8-39-33(27)31-17-28-29(42-31)7-9-38-32(28)22-12-24(36)15-26(14-22)45-11-10-43(4)5/h7,9,12-20,42H,6,8,10-11H2,1-5H3,(H,41,44). The molecule has 6 rings (SSSR count). The number of H-pyrrole nitrogens is 1. The zero-order chi connectivity index (χ0) is 31.7. The van der Waals surface area contributed by atoms with Crippen LogP contribution in [0.25, 0.3) is 33.4 Å². The van der Waals surface area contributed by atoms with E-state index in [4.69, 9.17) is 14.7 Å². The van der Waals surface area contributed by atoms with Crippen molar-refractivity contribution in [2.24, 2.45) is 10.4 Å². The van der Waals surface area contributed by atoms with Crippen molar-refractivity contribution in [1.29, 1.82) is 0 Å². The Balaban J connectivity index is 1.33. The number of hydrogen-bond acceptors (Lipinski definition) is 7. The van der Waals surface area contributed by atoms with Gasteiger partial charge >= 0.3 is 0 Å². The highest BCUT2D eigenvalue weighted by Crippen LogP contribution is 2.33. The Hall–Kier alpha value is -4.96. The molecule has 0 bridgehead atoms. The Labute approximate surface area is 261 Å². The molecule has 0 unspecified atom stereocenters. The number of hydrogen-bond donors (Lipinski definition) is 2. The maximum atomic E-state index is 14.7. The van der Waals surface area contributed by atoms with Crippen LogP contribution in [0.15, 0.2) is 72.2 Å². The zero-order valence-corrected chi connectivity index (χ0v) is 26.1. The van der Waals surface area contributed by atoms with Gasteiger partial charge in [0, 0.05) is 70.8 Å². The van der Waals surface area contributed by atoms with E-state index in [2.05, 4.69) is 20.3 Å². The molecule has 1 amide bonds. The van der Waals surface area contributed by atoms with Gasteiger partial charge in [-0.2, -0.15) is 0 Å². The van der Waals surface area contributed by atoms with Gasteiger partial charge in [0.15, 0.2) is 0 Å². The summed E-state index contributed by atoms with van der Waals surface area (Å²) < 4.78 is 20.5. The number of aliphatic imine (C=N–C) groups is 1. The van der Waals surface area contributed by atoms with Gasteiger partial charge in [-0.25, -0.2) is 4.39 Å². The quantitative estimate of drug-likeness (QED) is 0.220. The van der Waals surface area contributed by atoms with E-state index < -0.39 is 5.41 Å². The lowest BCUT2D eigenvalue weighted by Gasteiger charge is -2.18. The van der Waals surface area contributed by atoms with Crippen LogP contribution in [0.2, 0.25) is 0 Å². The smallest absolute Gasteiger partial charge is 0.229 e. The van der Waals surface area contributed by atoms with E-state index >= 15 is 0 Å². The minimum absolute atomic E-state index is 0.0896. The Morgan fingerprint density at radius 3 is 2.69 bits per heavy atom. The van der Waals surface area contributed by atoms with Crippen LogP contribution in [0.3, 0.4) is 0 Å². The van der Waals surface area contributed by atoms with Crippen molar-refractivity contribution in [1.82, 2.24) is 24.8 Å². The third-order valence-corrected chi connectivity index (χ3v) is 7.62. The fourth-order valence-corrected chi connectivity index (χ4v) is 5.17. The average molecular weight is 606 g/mol. The molecule has 0 fully saturated rings. The summed E-state index contributed by atoms with van der Waals surface area (Å²) in [5.74, 6) is -0.0131. The fraction of sp³-hybridized carbons (Fsp3) is 0.286. The topological polar surface area (TPSA) is 108 Å². The van der Waals surface area contributed by atoms with E-state index in [1.807, 2.05) is 76.3 Å². The first-order valence-electron chi connectivity index (χ1n) is 14.9. The summed E-state index contributed by atoms with van der Waals surface area (Å²) in [5, 5.41) is 3.80. The van der Waals surface area contributed by atoms with Gasteiger partial charge in [-0.15, -0.1) is 0 Å². The van der Waals surface area contributed by atoms with Crippen molar-refractivity contribution in [3.8, 4) is 28.3 Å². The van der Waals surface area contributed by atoms with E-state index in [0.717, 1.165) is 57.7 Å². The van der Waals surface area contributed by atoms with E-state index in [-0.39, 0.29) is 11.7 Å².